The van der Waals surface area contributed by atoms with E-state index in [9.17, 15) is 9.18 Å². The number of halogens is 1. The molecule has 7 heteroatoms. The van der Waals surface area contributed by atoms with E-state index >= 15 is 0 Å². The minimum absolute atomic E-state index is 0.186. The van der Waals surface area contributed by atoms with Crippen molar-refractivity contribution in [2.24, 2.45) is 0 Å². The molecule has 31 heavy (non-hydrogen) atoms. The van der Waals surface area contributed by atoms with Crippen molar-refractivity contribution in [3.8, 4) is 5.75 Å². The summed E-state index contributed by atoms with van der Waals surface area (Å²) >= 11 is 0. The predicted molar refractivity (Wildman–Crippen MR) is 115 cm³/mol. The molecule has 0 saturated heterocycles. The smallest absolute Gasteiger partial charge is 0.291 e. The molecule has 2 heterocycles. The highest BCUT2D eigenvalue weighted by Crippen LogP contribution is 2.17. The second kappa shape index (κ2) is 9.30. The van der Waals surface area contributed by atoms with Gasteiger partial charge in [0.05, 0.1) is 18.4 Å². The molecule has 0 aliphatic carbocycles. The maximum atomic E-state index is 13.0. The lowest BCUT2D eigenvalue weighted by Crippen LogP contribution is -2.10. The number of hydrogen-bond donors (Lipinski definition) is 1. The standard InChI is InChI=1S/C24H22FN3O3/c1-2-17-5-9-21(10-6-17)30-16-22-11-12-23(31-22)24(29)27-20-13-26-28(15-20)14-18-3-7-19(25)8-4-18/h3-13,15H,2,14,16H2,1H3,(H,27,29). The van der Waals surface area contributed by atoms with Crippen LogP contribution in [-0.4, -0.2) is 15.7 Å². The monoisotopic (exact) mass is 419 g/mol. The number of ether oxygens (including phenoxy) is 1. The third-order valence-corrected chi connectivity index (χ3v) is 4.75. The maximum absolute atomic E-state index is 13.0. The molecule has 0 saturated carbocycles. The lowest BCUT2D eigenvalue weighted by Gasteiger charge is -2.05. The molecule has 0 fully saturated rings. The number of hydrogen-bond acceptors (Lipinski definition) is 4. The molecule has 6 nitrogen and oxygen atoms in total. The number of benzene rings is 2. The molecule has 0 bridgehead atoms. The van der Waals surface area contributed by atoms with E-state index in [1.165, 1.54) is 17.7 Å². The second-order valence-electron chi connectivity index (χ2n) is 7.06. The summed E-state index contributed by atoms with van der Waals surface area (Å²) in [7, 11) is 0. The van der Waals surface area contributed by atoms with E-state index < -0.39 is 0 Å². The fraction of sp³-hybridized carbons (Fsp3) is 0.167. The van der Waals surface area contributed by atoms with Crippen LogP contribution in [0, 0.1) is 5.82 Å². The molecule has 2 aromatic carbocycles. The van der Waals surface area contributed by atoms with E-state index in [2.05, 4.69) is 17.3 Å². The van der Waals surface area contributed by atoms with Crippen LogP contribution in [0.5, 0.6) is 5.75 Å². The Morgan fingerprint density at radius 1 is 1.06 bits per heavy atom. The zero-order valence-electron chi connectivity index (χ0n) is 17.0. The Morgan fingerprint density at radius 2 is 1.81 bits per heavy atom. The van der Waals surface area contributed by atoms with Gasteiger partial charge in [-0.25, -0.2) is 4.39 Å². The van der Waals surface area contributed by atoms with Crippen LogP contribution in [0.25, 0.3) is 0 Å². The zero-order valence-corrected chi connectivity index (χ0v) is 17.0. The first-order valence-corrected chi connectivity index (χ1v) is 9.98. The first kappa shape index (κ1) is 20.4. The molecule has 4 aromatic rings. The van der Waals surface area contributed by atoms with Crippen molar-refractivity contribution >= 4 is 11.6 Å². The lowest BCUT2D eigenvalue weighted by atomic mass is 10.2. The Bertz CT molecular complexity index is 1150. The maximum Gasteiger partial charge on any atom is 0.291 e. The van der Waals surface area contributed by atoms with Gasteiger partial charge in [0, 0.05) is 6.20 Å². The number of amides is 1. The molecule has 4 rings (SSSR count). The fourth-order valence-electron chi connectivity index (χ4n) is 3.04. The summed E-state index contributed by atoms with van der Waals surface area (Å²) in [5.41, 5.74) is 2.69. The summed E-state index contributed by atoms with van der Waals surface area (Å²) in [5, 5.41) is 6.98. The third kappa shape index (κ3) is 5.39. The van der Waals surface area contributed by atoms with Crippen LogP contribution in [0.2, 0.25) is 0 Å². The van der Waals surface area contributed by atoms with E-state index in [1.54, 1.807) is 41.3 Å². The van der Waals surface area contributed by atoms with Gasteiger partial charge in [0.2, 0.25) is 0 Å². The molecule has 0 aliphatic rings. The summed E-state index contributed by atoms with van der Waals surface area (Å²) in [5.74, 6) is 0.825. The van der Waals surface area contributed by atoms with E-state index in [1.807, 2.05) is 24.3 Å². The van der Waals surface area contributed by atoms with Crippen molar-refractivity contribution in [1.82, 2.24) is 9.78 Å². The van der Waals surface area contributed by atoms with Crippen molar-refractivity contribution in [1.29, 1.82) is 0 Å². The first-order valence-electron chi connectivity index (χ1n) is 9.98. The highest BCUT2D eigenvalue weighted by Gasteiger charge is 2.13. The van der Waals surface area contributed by atoms with E-state index in [4.69, 9.17) is 9.15 Å². The van der Waals surface area contributed by atoms with Crippen LogP contribution in [-0.2, 0) is 19.6 Å². The minimum Gasteiger partial charge on any atom is -0.486 e. The number of carbonyl (C=O) groups is 1. The fourth-order valence-corrected chi connectivity index (χ4v) is 3.04. The van der Waals surface area contributed by atoms with Crippen molar-refractivity contribution in [2.45, 2.75) is 26.5 Å². The highest BCUT2D eigenvalue weighted by atomic mass is 19.1. The van der Waals surface area contributed by atoms with Gasteiger partial charge >= 0.3 is 0 Å². The number of furan rings is 1. The number of nitrogens with zero attached hydrogens (tertiary/aromatic N) is 2. The molecule has 2 aromatic heterocycles. The van der Waals surface area contributed by atoms with Crippen LogP contribution < -0.4 is 10.1 Å². The van der Waals surface area contributed by atoms with Gasteiger partial charge in [0.1, 0.15) is 23.9 Å². The van der Waals surface area contributed by atoms with Gasteiger partial charge < -0.3 is 14.5 Å². The quantitative estimate of drug-likeness (QED) is 0.434. The Morgan fingerprint density at radius 3 is 2.55 bits per heavy atom. The predicted octanol–water partition coefficient (Wildman–Crippen LogP) is 5.06. The normalized spacial score (nSPS) is 10.8. The summed E-state index contributed by atoms with van der Waals surface area (Å²) < 4.78 is 26.0. The number of aromatic nitrogens is 2. The molecule has 1 amide bonds. The van der Waals surface area contributed by atoms with Gasteiger partial charge in [-0.2, -0.15) is 5.10 Å². The first-order chi connectivity index (χ1) is 15.1. The van der Waals surface area contributed by atoms with Crippen molar-refractivity contribution in [3.05, 3.63) is 102 Å². The summed E-state index contributed by atoms with van der Waals surface area (Å²) in [6, 6.07) is 17.4. The van der Waals surface area contributed by atoms with Gasteiger partial charge in [-0.15, -0.1) is 0 Å². The number of nitrogens with one attached hydrogen (secondary N) is 1. The number of anilines is 1. The van der Waals surface area contributed by atoms with Crippen LogP contribution in [0.1, 0.15) is 34.4 Å². The molecule has 0 radical (unpaired) electrons. The topological polar surface area (TPSA) is 69.3 Å². The third-order valence-electron chi connectivity index (χ3n) is 4.75. The summed E-state index contributed by atoms with van der Waals surface area (Å²) in [4.78, 5) is 12.5. The number of rotatable bonds is 8. The molecule has 0 unspecified atom stereocenters. The average Bonchev–Trinajstić information content (AvgIpc) is 3.44. The van der Waals surface area contributed by atoms with Gasteiger partial charge in [-0.1, -0.05) is 31.2 Å². The number of carbonyl (C=O) groups excluding carboxylic acids is 1. The average molecular weight is 419 g/mol. The van der Waals surface area contributed by atoms with Crippen molar-refractivity contribution in [3.63, 3.8) is 0 Å². The van der Waals surface area contributed by atoms with Crippen LogP contribution in [0.3, 0.4) is 0 Å². The Labute approximate surface area is 179 Å². The molecular weight excluding hydrogens is 397 g/mol. The molecular formula is C24H22FN3O3. The van der Waals surface area contributed by atoms with E-state index in [0.717, 1.165) is 17.7 Å². The van der Waals surface area contributed by atoms with Gasteiger partial charge in [-0.3, -0.25) is 9.48 Å². The Balaban J connectivity index is 1.31. The van der Waals surface area contributed by atoms with Gasteiger partial charge in [-0.05, 0) is 53.9 Å². The van der Waals surface area contributed by atoms with Gasteiger partial charge in [0.25, 0.3) is 5.91 Å². The minimum atomic E-state index is -0.375. The van der Waals surface area contributed by atoms with Crippen LogP contribution >= 0.6 is 0 Å². The van der Waals surface area contributed by atoms with E-state index in [-0.39, 0.29) is 24.1 Å². The molecule has 1 N–H and O–H groups in total. The highest BCUT2D eigenvalue weighted by molar-refractivity contribution is 6.02. The molecule has 0 aliphatic heterocycles. The summed E-state index contributed by atoms with van der Waals surface area (Å²) in [6.07, 6.45) is 4.23. The SMILES string of the molecule is CCc1ccc(OCc2ccc(C(=O)Nc3cnn(Cc4ccc(F)cc4)c3)o2)cc1. The van der Waals surface area contributed by atoms with Crippen LogP contribution in [0.4, 0.5) is 10.1 Å². The zero-order chi connectivity index (χ0) is 21.6. The molecule has 158 valence electrons. The summed E-state index contributed by atoms with van der Waals surface area (Å²) in [6.45, 7) is 2.80. The van der Waals surface area contributed by atoms with Gasteiger partial charge in [0.15, 0.2) is 5.76 Å². The van der Waals surface area contributed by atoms with Crippen LogP contribution in [0.15, 0.2) is 77.5 Å². The van der Waals surface area contributed by atoms with Crippen molar-refractivity contribution < 1.29 is 18.3 Å². The second-order valence-corrected chi connectivity index (χ2v) is 7.06. The van der Waals surface area contributed by atoms with Crippen molar-refractivity contribution in [2.75, 3.05) is 5.32 Å². The molecule has 0 atom stereocenters. The Hall–Kier alpha value is -3.87. The van der Waals surface area contributed by atoms with E-state index in [0.29, 0.717) is 18.0 Å². The molecule has 0 spiro atoms. The Kier molecular flexibility index (Phi) is 6.12. The largest absolute Gasteiger partial charge is 0.486 e. The lowest BCUT2D eigenvalue weighted by molar-refractivity contribution is 0.0992. The number of aryl methyl sites for hydroxylation is 1.